The van der Waals surface area contributed by atoms with Crippen LogP contribution in [0.25, 0.3) is 109 Å². The van der Waals surface area contributed by atoms with Gasteiger partial charge in [-0.15, -0.1) is 11.3 Å². The first-order valence-corrected chi connectivity index (χ1v) is 19.3. The van der Waals surface area contributed by atoms with E-state index < -0.39 is 0 Å². The third-order valence-electron chi connectivity index (χ3n) is 10.7. The average Bonchev–Trinajstić information content (AvgIpc) is 3.64. The minimum Gasteiger partial charge on any atom is -0.264 e. The largest absolute Gasteiger partial charge is 0.264 e. The summed E-state index contributed by atoms with van der Waals surface area (Å²) in [5, 5.41) is 8.43. The van der Waals surface area contributed by atoms with Crippen LogP contribution in [0.5, 0.6) is 0 Å². The Kier molecular flexibility index (Phi) is 7.35. The van der Waals surface area contributed by atoms with Crippen molar-refractivity contribution in [1.29, 1.82) is 0 Å². The monoisotopic (exact) mass is 717 g/mol. The van der Waals surface area contributed by atoms with Gasteiger partial charge in [-0.1, -0.05) is 140 Å². The van der Waals surface area contributed by atoms with E-state index in [1.54, 1.807) is 11.3 Å². The zero-order valence-electron chi connectivity index (χ0n) is 29.6. The lowest BCUT2D eigenvalue weighted by Crippen LogP contribution is -1.95. The summed E-state index contributed by atoms with van der Waals surface area (Å²) in [4.78, 5) is 15.3. The van der Waals surface area contributed by atoms with E-state index in [1.165, 1.54) is 42.6 Å². The molecule has 0 saturated carbocycles. The van der Waals surface area contributed by atoms with Crippen LogP contribution in [-0.2, 0) is 0 Å². The molecule has 3 nitrogen and oxygen atoms in total. The van der Waals surface area contributed by atoms with Crippen LogP contribution in [0.15, 0.2) is 188 Å². The van der Waals surface area contributed by atoms with Gasteiger partial charge in [0, 0.05) is 39.2 Å². The van der Waals surface area contributed by atoms with Crippen molar-refractivity contribution in [2.45, 2.75) is 0 Å². The van der Waals surface area contributed by atoms with Gasteiger partial charge in [0.15, 0.2) is 5.82 Å². The van der Waals surface area contributed by atoms with Crippen molar-refractivity contribution in [2.24, 2.45) is 0 Å². The Morgan fingerprint density at radius 1 is 0.382 bits per heavy atom. The van der Waals surface area contributed by atoms with Crippen molar-refractivity contribution in [3.05, 3.63) is 188 Å². The molecule has 0 aliphatic rings. The second kappa shape index (κ2) is 12.8. The first-order chi connectivity index (χ1) is 27.3. The predicted molar refractivity (Wildman–Crippen MR) is 232 cm³/mol. The zero-order chi connectivity index (χ0) is 36.3. The molecule has 11 aromatic rings. The van der Waals surface area contributed by atoms with Crippen LogP contribution in [0.4, 0.5) is 0 Å². The van der Waals surface area contributed by atoms with E-state index in [-0.39, 0.29) is 0 Å². The lowest BCUT2D eigenvalue weighted by Gasteiger charge is -2.16. The van der Waals surface area contributed by atoms with E-state index in [4.69, 9.17) is 9.97 Å². The van der Waals surface area contributed by atoms with Crippen molar-refractivity contribution < 1.29 is 0 Å². The van der Waals surface area contributed by atoms with E-state index in [9.17, 15) is 0 Å². The number of thiophene rings is 1. The van der Waals surface area contributed by atoms with Crippen LogP contribution in [-0.4, -0.2) is 15.0 Å². The van der Waals surface area contributed by atoms with Crippen LogP contribution in [0, 0.1) is 0 Å². The molecule has 0 saturated heterocycles. The van der Waals surface area contributed by atoms with Gasteiger partial charge in [0.2, 0.25) is 0 Å². The van der Waals surface area contributed by atoms with Gasteiger partial charge in [0.05, 0.1) is 15.9 Å². The minimum atomic E-state index is 0.708. The molecule has 0 fully saturated rings. The van der Waals surface area contributed by atoms with E-state index in [0.29, 0.717) is 5.82 Å². The van der Waals surface area contributed by atoms with Crippen molar-refractivity contribution in [1.82, 2.24) is 15.0 Å². The van der Waals surface area contributed by atoms with Gasteiger partial charge < -0.3 is 0 Å². The van der Waals surface area contributed by atoms with Crippen LogP contribution in [0.1, 0.15) is 0 Å². The van der Waals surface area contributed by atoms with Crippen molar-refractivity contribution >= 4 is 64.0 Å². The summed E-state index contributed by atoms with van der Waals surface area (Å²) in [6.45, 7) is 0. The van der Waals surface area contributed by atoms with Gasteiger partial charge in [-0.05, 0) is 96.5 Å². The normalized spacial score (nSPS) is 11.6. The highest BCUT2D eigenvalue weighted by Crippen LogP contribution is 2.43. The molecular formula is C51H31N3S. The molecule has 3 aromatic heterocycles. The van der Waals surface area contributed by atoms with E-state index in [1.807, 2.05) is 18.5 Å². The number of nitrogens with zero attached hydrogens (tertiary/aromatic N) is 3. The SMILES string of the molecule is c1ccc(-c2nc(-c3cc(-c4cccc5c(-c6cccnc6)cccc45)cc(-c4cc5ccccc5c5ccccc45)c3)nc3c2sc2ccccc23)cc1. The smallest absolute Gasteiger partial charge is 0.160 e. The summed E-state index contributed by atoms with van der Waals surface area (Å²) in [5.41, 5.74) is 10.8. The first kappa shape index (κ1) is 31.5. The van der Waals surface area contributed by atoms with Gasteiger partial charge in [-0.25, -0.2) is 9.97 Å². The molecule has 0 bridgehead atoms. The quantitative estimate of drug-likeness (QED) is 0.166. The fourth-order valence-corrected chi connectivity index (χ4v) is 9.36. The van der Waals surface area contributed by atoms with E-state index in [2.05, 4.69) is 175 Å². The maximum Gasteiger partial charge on any atom is 0.160 e. The van der Waals surface area contributed by atoms with Gasteiger partial charge in [0.25, 0.3) is 0 Å². The molecule has 55 heavy (non-hydrogen) atoms. The second-order valence-corrected chi connectivity index (χ2v) is 15.0. The lowest BCUT2D eigenvalue weighted by molar-refractivity contribution is 1.24. The number of fused-ring (bicyclic) bond motifs is 7. The maximum atomic E-state index is 5.43. The fraction of sp³-hybridized carbons (Fsp3) is 0. The number of aromatic nitrogens is 3. The molecule has 0 aliphatic heterocycles. The van der Waals surface area contributed by atoms with Gasteiger partial charge >= 0.3 is 0 Å². The molecule has 4 heteroatoms. The van der Waals surface area contributed by atoms with Crippen molar-refractivity contribution in [3.63, 3.8) is 0 Å². The predicted octanol–water partition coefficient (Wildman–Crippen LogP) is 14.0. The molecule has 0 spiro atoms. The molecular weight excluding hydrogens is 687 g/mol. The lowest BCUT2D eigenvalue weighted by atomic mass is 9.88. The summed E-state index contributed by atoms with van der Waals surface area (Å²) in [7, 11) is 0. The van der Waals surface area contributed by atoms with Gasteiger partial charge in [-0.3, -0.25) is 4.98 Å². The fourth-order valence-electron chi connectivity index (χ4n) is 8.21. The number of rotatable bonds is 5. The molecule has 8 aromatic carbocycles. The molecule has 256 valence electrons. The minimum absolute atomic E-state index is 0.708. The molecule has 0 aliphatic carbocycles. The van der Waals surface area contributed by atoms with Crippen molar-refractivity contribution in [2.75, 3.05) is 0 Å². The van der Waals surface area contributed by atoms with Crippen LogP contribution >= 0.6 is 11.3 Å². The Morgan fingerprint density at radius 3 is 1.76 bits per heavy atom. The summed E-state index contributed by atoms with van der Waals surface area (Å²) in [5.74, 6) is 0.708. The van der Waals surface area contributed by atoms with Crippen LogP contribution in [0.3, 0.4) is 0 Å². The Morgan fingerprint density at radius 2 is 0.982 bits per heavy atom. The van der Waals surface area contributed by atoms with Gasteiger partial charge in [0.1, 0.15) is 0 Å². The highest BCUT2D eigenvalue weighted by molar-refractivity contribution is 7.26. The summed E-state index contributed by atoms with van der Waals surface area (Å²) in [6, 6.07) is 63.1. The molecule has 3 heterocycles. The molecule has 11 rings (SSSR count). The second-order valence-electron chi connectivity index (χ2n) is 14.0. The molecule has 0 atom stereocenters. The number of pyridine rings is 1. The number of hydrogen-bond acceptors (Lipinski definition) is 4. The Balaban J connectivity index is 1.22. The third-order valence-corrected chi connectivity index (χ3v) is 11.9. The Hall–Kier alpha value is -7.01. The summed E-state index contributed by atoms with van der Waals surface area (Å²) in [6.07, 6.45) is 3.77. The van der Waals surface area contributed by atoms with E-state index >= 15 is 0 Å². The number of hydrogen-bond donors (Lipinski definition) is 0. The van der Waals surface area contributed by atoms with Crippen LogP contribution < -0.4 is 0 Å². The maximum absolute atomic E-state index is 5.43. The standard InChI is InChI=1S/C51H31N3S/c1-2-13-32(14-3-1)48-50-49(45-20-8-9-25-47(45)55-50)54-51(53-48)37-28-35(40-22-11-23-42-39(21-10-24-43(40)42)34-16-12-26-52-31-34)27-36(29-37)46-30-33-15-4-5-17-38(33)41-18-6-7-19-44(41)46/h1-31H. The Bertz CT molecular complexity index is 3260. The van der Waals surface area contributed by atoms with Gasteiger partial charge in [-0.2, -0.15) is 0 Å². The van der Waals surface area contributed by atoms with E-state index in [0.717, 1.165) is 60.2 Å². The number of benzene rings is 8. The zero-order valence-corrected chi connectivity index (χ0v) is 30.5. The molecule has 0 unspecified atom stereocenters. The highest BCUT2D eigenvalue weighted by Gasteiger charge is 2.19. The average molecular weight is 718 g/mol. The highest BCUT2D eigenvalue weighted by atomic mass is 32.1. The molecule has 0 radical (unpaired) electrons. The third kappa shape index (κ3) is 5.30. The summed E-state index contributed by atoms with van der Waals surface area (Å²) >= 11 is 1.76. The van der Waals surface area contributed by atoms with Crippen LogP contribution in [0.2, 0.25) is 0 Å². The summed E-state index contributed by atoms with van der Waals surface area (Å²) < 4.78 is 2.31. The Labute approximate surface area is 321 Å². The first-order valence-electron chi connectivity index (χ1n) is 18.5. The molecule has 0 amide bonds. The topological polar surface area (TPSA) is 38.7 Å². The van der Waals surface area contributed by atoms with Crippen molar-refractivity contribution in [3.8, 4) is 56.0 Å². The molecule has 0 N–H and O–H groups in total.